The number of amides is 1. The summed E-state index contributed by atoms with van der Waals surface area (Å²) in [6, 6.07) is 6.35. The van der Waals surface area contributed by atoms with Crippen molar-refractivity contribution in [2.24, 2.45) is 0 Å². The average molecular weight is 337 g/mol. The topological polar surface area (TPSA) is 34.0 Å². The summed E-state index contributed by atoms with van der Waals surface area (Å²) in [6.07, 6.45) is 8.19. The first kappa shape index (κ1) is 19.3. The fourth-order valence-electron chi connectivity index (χ4n) is 3.05. The van der Waals surface area contributed by atoms with Gasteiger partial charge >= 0.3 is 6.09 Å². The summed E-state index contributed by atoms with van der Waals surface area (Å²) in [5, 5.41) is 0. The number of carbonyl (C=O) groups excluding carboxylic acids is 1. The van der Waals surface area contributed by atoms with Gasteiger partial charge < -0.3 is 26.9 Å². The van der Waals surface area contributed by atoms with E-state index in [2.05, 4.69) is 19.0 Å². The van der Waals surface area contributed by atoms with Crippen LogP contribution in [0.4, 0.5) is 4.79 Å². The van der Waals surface area contributed by atoms with Crippen LogP contribution in [-0.4, -0.2) is 38.2 Å². The summed E-state index contributed by atoms with van der Waals surface area (Å²) in [7, 11) is 3.88. The minimum atomic E-state index is -0.305. The van der Waals surface area contributed by atoms with E-state index in [4.69, 9.17) is 11.2 Å². The molecule has 2 atom stereocenters. The van der Waals surface area contributed by atoms with Crippen molar-refractivity contribution in [2.75, 3.05) is 27.2 Å². The molecule has 1 amide bonds. The third-order valence-electron chi connectivity index (χ3n) is 4.25. The Morgan fingerprint density at radius 2 is 2.26 bits per heavy atom. The van der Waals surface area contributed by atoms with Crippen LogP contribution >= 0.6 is 0 Å². The van der Waals surface area contributed by atoms with Gasteiger partial charge in [0.25, 0.3) is 0 Å². The van der Waals surface area contributed by atoms with Gasteiger partial charge in [-0.2, -0.15) is 0 Å². The van der Waals surface area contributed by atoms with E-state index in [0.717, 1.165) is 19.3 Å². The van der Waals surface area contributed by atoms with E-state index in [1.807, 2.05) is 19.1 Å². The lowest BCUT2D eigenvalue weighted by Crippen LogP contribution is -3.09. The van der Waals surface area contributed by atoms with Gasteiger partial charge in [0.05, 0.1) is 7.05 Å². The Labute approximate surface area is 145 Å². The predicted molar refractivity (Wildman–Crippen MR) is 87.0 cm³/mol. The summed E-state index contributed by atoms with van der Waals surface area (Å²) < 4.78 is 5.48. The second kappa shape index (κ2) is 8.81. The lowest BCUT2D eigenvalue weighted by Gasteiger charge is -2.20. The number of hydrogen-bond acceptors (Lipinski definition) is 2. The number of hydrogen-bond donors (Lipinski definition) is 1. The molecule has 0 saturated carbocycles. The fourth-order valence-corrected chi connectivity index (χ4v) is 3.05. The van der Waals surface area contributed by atoms with Gasteiger partial charge in [-0.3, -0.25) is 0 Å². The van der Waals surface area contributed by atoms with Gasteiger partial charge in [-0.25, -0.2) is 4.79 Å². The number of terminal acetylenes is 1. The molecule has 0 saturated heterocycles. The van der Waals surface area contributed by atoms with Crippen molar-refractivity contribution in [2.45, 2.75) is 32.2 Å². The van der Waals surface area contributed by atoms with E-state index < -0.39 is 0 Å². The number of halogens is 1. The standard InChI is InChI=1S/C18H24N2O2.ClH/c1-5-11-19(3)17-10-8-14-7-9-15(13-16(14)17)22-18(21)20(4)12-6-2;/h1,7,9,13,17H,6,8,10-12H2,2-4H3;1H. The van der Waals surface area contributed by atoms with Crippen molar-refractivity contribution < 1.29 is 26.8 Å². The highest BCUT2D eigenvalue weighted by molar-refractivity contribution is 5.70. The number of aryl methyl sites for hydroxylation is 1. The van der Waals surface area contributed by atoms with E-state index in [-0.39, 0.29) is 18.5 Å². The van der Waals surface area contributed by atoms with E-state index in [1.54, 1.807) is 11.9 Å². The quantitative estimate of drug-likeness (QED) is 0.676. The zero-order valence-corrected chi connectivity index (χ0v) is 14.8. The fraction of sp³-hybridized carbons (Fsp3) is 0.500. The first-order valence-electron chi connectivity index (χ1n) is 7.88. The van der Waals surface area contributed by atoms with Crippen molar-refractivity contribution in [3.63, 3.8) is 0 Å². The smallest absolute Gasteiger partial charge is 0.414 e. The molecule has 1 aromatic rings. The van der Waals surface area contributed by atoms with Gasteiger partial charge in [0.1, 0.15) is 18.3 Å². The SMILES string of the molecule is C#CC[NH+](C)C1CCc2ccc(OC(=O)N(C)CCC)cc21.[Cl-]. The van der Waals surface area contributed by atoms with Crippen LogP contribution in [0.1, 0.15) is 36.9 Å². The Balaban J connectivity index is 0.00000264. The maximum atomic E-state index is 12.0. The molecule has 0 aromatic heterocycles. The molecule has 4 nitrogen and oxygen atoms in total. The minimum absolute atomic E-state index is 0. The number of nitrogens with zero attached hydrogens (tertiary/aromatic N) is 1. The van der Waals surface area contributed by atoms with E-state index >= 15 is 0 Å². The molecule has 5 heteroatoms. The normalized spacial score (nSPS) is 16.7. The maximum absolute atomic E-state index is 12.0. The van der Waals surface area contributed by atoms with Crippen LogP contribution in [-0.2, 0) is 6.42 Å². The zero-order valence-electron chi connectivity index (χ0n) is 14.1. The molecule has 1 aromatic carbocycles. The Hall–Kier alpha value is -1.70. The first-order valence-corrected chi connectivity index (χ1v) is 7.88. The molecule has 0 fully saturated rings. The van der Waals surface area contributed by atoms with Crippen LogP contribution in [0.5, 0.6) is 5.75 Å². The van der Waals surface area contributed by atoms with Crippen molar-refractivity contribution in [1.82, 2.24) is 4.90 Å². The molecule has 1 N–H and O–H groups in total. The second-order valence-electron chi connectivity index (χ2n) is 5.97. The molecule has 0 spiro atoms. The molecule has 0 aliphatic heterocycles. The van der Waals surface area contributed by atoms with Gasteiger partial charge in [0.15, 0.2) is 0 Å². The lowest BCUT2D eigenvalue weighted by molar-refractivity contribution is -0.904. The zero-order chi connectivity index (χ0) is 16.1. The number of carbonyl (C=O) groups is 1. The van der Waals surface area contributed by atoms with Crippen LogP contribution in [0.25, 0.3) is 0 Å². The lowest BCUT2D eigenvalue weighted by atomic mass is 10.1. The molecule has 2 unspecified atom stereocenters. The molecular weight excluding hydrogens is 312 g/mol. The molecule has 23 heavy (non-hydrogen) atoms. The minimum Gasteiger partial charge on any atom is -1.00 e. The molecule has 0 heterocycles. The van der Waals surface area contributed by atoms with Gasteiger partial charge in [-0.1, -0.05) is 13.0 Å². The summed E-state index contributed by atoms with van der Waals surface area (Å²) in [5.74, 6) is 3.34. The van der Waals surface area contributed by atoms with Gasteiger partial charge in [0.2, 0.25) is 0 Å². The van der Waals surface area contributed by atoms with Gasteiger partial charge in [0, 0.05) is 25.6 Å². The summed E-state index contributed by atoms with van der Waals surface area (Å²) in [5.41, 5.74) is 2.60. The largest absolute Gasteiger partial charge is 1.00 e. The van der Waals surface area contributed by atoms with Gasteiger partial charge in [-0.05, 0) is 36.5 Å². The molecule has 1 aliphatic carbocycles. The van der Waals surface area contributed by atoms with Crippen molar-refractivity contribution in [3.05, 3.63) is 29.3 Å². The van der Waals surface area contributed by atoms with Crippen LogP contribution in [0.2, 0.25) is 0 Å². The number of quaternary nitrogens is 1. The number of benzene rings is 1. The number of fused-ring (bicyclic) bond motifs is 1. The molecule has 2 rings (SSSR count). The second-order valence-corrected chi connectivity index (χ2v) is 5.97. The van der Waals surface area contributed by atoms with E-state index in [9.17, 15) is 4.79 Å². The monoisotopic (exact) mass is 336 g/mol. The number of rotatable bonds is 5. The summed E-state index contributed by atoms with van der Waals surface area (Å²) >= 11 is 0. The predicted octanol–water partition coefficient (Wildman–Crippen LogP) is -1.33. The summed E-state index contributed by atoms with van der Waals surface area (Å²) in [6.45, 7) is 3.43. The highest BCUT2D eigenvalue weighted by Gasteiger charge is 2.29. The Morgan fingerprint density at radius 3 is 2.91 bits per heavy atom. The molecule has 0 bridgehead atoms. The Kier molecular flexibility index (Phi) is 7.41. The highest BCUT2D eigenvalue weighted by atomic mass is 35.5. The molecular formula is C18H25ClN2O2. The number of nitrogens with one attached hydrogen (secondary N) is 1. The summed E-state index contributed by atoms with van der Waals surface area (Å²) in [4.78, 5) is 14.9. The maximum Gasteiger partial charge on any atom is 0.414 e. The average Bonchev–Trinajstić information content (AvgIpc) is 2.91. The van der Waals surface area contributed by atoms with Crippen LogP contribution in [0, 0.1) is 12.3 Å². The van der Waals surface area contributed by atoms with Gasteiger partial charge in [-0.15, -0.1) is 6.42 Å². The first-order chi connectivity index (χ1) is 10.6. The van der Waals surface area contributed by atoms with E-state index in [0.29, 0.717) is 24.9 Å². The van der Waals surface area contributed by atoms with Crippen molar-refractivity contribution in [1.29, 1.82) is 0 Å². The van der Waals surface area contributed by atoms with Crippen molar-refractivity contribution >= 4 is 6.09 Å². The molecule has 0 radical (unpaired) electrons. The van der Waals surface area contributed by atoms with Crippen LogP contribution in [0.15, 0.2) is 18.2 Å². The highest BCUT2D eigenvalue weighted by Crippen LogP contribution is 2.32. The Morgan fingerprint density at radius 1 is 1.52 bits per heavy atom. The number of ether oxygens (including phenoxy) is 1. The van der Waals surface area contributed by atoms with Crippen molar-refractivity contribution in [3.8, 4) is 18.1 Å². The van der Waals surface area contributed by atoms with Crippen LogP contribution < -0.4 is 22.0 Å². The van der Waals surface area contributed by atoms with E-state index in [1.165, 1.54) is 16.0 Å². The van der Waals surface area contributed by atoms with Crippen LogP contribution in [0.3, 0.4) is 0 Å². The Bertz CT molecular complexity index is 583. The third-order valence-corrected chi connectivity index (χ3v) is 4.25. The molecule has 126 valence electrons. The molecule has 1 aliphatic rings. The third kappa shape index (κ3) is 4.63.